The minimum atomic E-state index is -0.417. The molecule has 1 aliphatic heterocycles. The fourth-order valence-corrected chi connectivity index (χ4v) is 4.00. The van der Waals surface area contributed by atoms with E-state index in [4.69, 9.17) is 14.7 Å². The second-order valence-corrected chi connectivity index (χ2v) is 7.75. The summed E-state index contributed by atoms with van der Waals surface area (Å²) in [7, 11) is 0. The maximum atomic E-state index is 12.8. The zero-order valence-corrected chi connectivity index (χ0v) is 19.5. The number of rotatable bonds is 5. The van der Waals surface area contributed by atoms with Gasteiger partial charge in [0.15, 0.2) is 11.5 Å². The number of aryl methyl sites for hydroxylation is 1. The molecule has 0 radical (unpaired) electrons. The number of carbonyl (C=O) groups excluding carboxylic acids is 2. The fourth-order valence-electron chi connectivity index (χ4n) is 4.00. The molecule has 2 N–H and O–H groups in total. The monoisotopic (exact) mass is 471 g/mol. The van der Waals surface area contributed by atoms with Crippen LogP contribution in [0.5, 0.6) is 11.5 Å². The van der Waals surface area contributed by atoms with Gasteiger partial charge < -0.3 is 20.1 Å². The van der Waals surface area contributed by atoms with Gasteiger partial charge in [0.05, 0.1) is 17.7 Å². The molecule has 1 aliphatic carbocycles. The van der Waals surface area contributed by atoms with Gasteiger partial charge in [0, 0.05) is 12.6 Å². The summed E-state index contributed by atoms with van der Waals surface area (Å²) in [6.07, 6.45) is 2.73. The van der Waals surface area contributed by atoms with Crippen LogP contribution in [0.4, 0.5) is 0 Å². The summed E-state index contributed by atoms with van der Waals surface area (Å²) in [4.78, 5) is 33.4. The van der Waals surface area contributed by atoms with Gasteiger partial charge in [0.1, 0.15) is 17.7 Å². The van der Waals surface area contributed by atoms with Gasteiger partial charge in [-0.05, 0) is 53.8 Å². The zero-order chi connectivity index (χ0) is 24.8. The largest absolute Gasteiger partial charge is 0.454 e. The first-order chi connectivity index (χ1) is 17.1. The Morgan fingerprint density at radius 3 is 2.60 bits per heavy atom. The maximum Gasteiger partial charge on any atom is 0.270 e. The molecule has 2 aromatic carbocycles. The van der Waals surface area contributed by atoms with E-state index < -0.39 is 5.91 Å². The molecule has 9 nitrogen and oxygen atoms in total. The first kappa shape index (κ1) is 23.7. The fraction of sp³-hybridized carbons (Fsp3) is 0.269. The standard InChI is InChI=1S/C24H19N5O4.C2H6/c25-10-14-1-4-17-16(7-14)3-5-18(17)29-24(31)20-9-19(27-12-28-20)23(30)26-11-15-2-6-21-22(8-15)33-13-32-21;1-2/h1-2,4,6-9,12,18H,3,5,11,13H2,(H,26,30)(H,29,31);1-2H3. The van der Waals surface area contributed by atoms with Crippen LogP contribution in [0.25, 0.3) is 0 Å². The van der Waals surface area contributed by atoms with Gasteiger partial charge in [-0.1, -0.05) is 26.0 Å². The lowest BCUT2D eigenvalue weighted by molar-refractivity contribution is 0.0931. The van der Waals surface area contributed by atoms with Gasteiger partial charge in [-0.15, -0.1) is 0 Å². The smallest absolute Gasteiger partial charge is 0.270 e. The molecule has 1 atom stereocenters. The molecule has 9 heteroatoms. The highest BCUT2D eigenvalue weighted by Crippen LogP contribution is 2.33. The number of ether oxygens (including phenoxy) is 2. The van der Waals surface area contributed by atoms with Crippen LogP contribution in [0, 0.1) is 11.3 Å². The van der Waals surface area contributed by atoms with E-state index in [2.05, 4.69) is 26.7 Å². The number of fused-ring (bicyclic) bond motifs is 2. The summed E-state index contributed by atoms with van der Waals surface area (Å²) in [5.41, 5.74) is 3.72. The summed E-state index contributed by atoms with van der Waals surface area (Å²) in [6.45, 7) is 4.45. The third kappa shape index (κ3) is 5.22. The molecule has 2 aliphatic rings. The van der Waals surface area contributed by atoms with E-state index >= 15 is 0 Å². The lowest BCUT2D eigenvalue weighted by Gasteiger charge is -2.14. The minimum absolute atomic E-state index is 0.0985. The summed E-state index contributed by atoms with van der Waals surface area (Å²) in [5, 5.41) is 14.8. The Kier molecular flexibility index (Phi) is 7.21. The molecule has 0 fully saturated rings. The zero-order valence-electron chi connectivity index (χ0n) is 19.5. The van der Waals surface area contributed by atoms with Crippen molar-refractivity contribution in [1.29, 1.82) is 5.26 Å². The first-order valence-electron chi connectivity index (χ1n) is 11.4. The van der Waals surface area contributed by atoms with E-state index in [0.717, 1.165) is 29.5 Å². The Morgan fingerprint density at radius 1 is 1.03 bits per heavy atom. The van der Waals surface area contributed by atoms with Crippen LogP contribution in [-0.2, 0) is 13.0 Å². The molecule has 2 amide bonds. The molecule has 1 aromatic heterocycles. The van der Waals surface area contributed by atoms with Crippen molar-refractivity contribution in [3.05, 3.63) is 82.4 Å². The van der Waals surface area contributed by atoms with Crippen molar-refractivity contribution < 1.29 is 19.1 Å². The van der Waals surface area contributed by atoms with Crippen LogP contribution in [0.2, 0.25) is 0 Å². The normalized spacial score (nSPS) is 14.7. The number of nitriles is 1. The van der Waals surface area contributed by atoms with Crippen LogP contribution in [0.3, 0.4) is 0 Å². The average Bonchev–Trinajstić information content (AvgIpc) is 3.54. The van der Waals surface area contributed by atoms with Crippen molar-refractivity contribution >= 4 is 11.8 Å². The third-order valence-electron chi connectivity index (χ3n) is 5.68. The third-order valence-corrected chi connectivity index (χ3v) is 5.68. The molecule has 3 aromatic rings. The molecular formula is C26H25N5O4. The van der Waals surface area contributed by atoms with E-state index in [1.54, 1.807) is 18.2 Å². The Morgan fingerprint density at radius 2 is 1.80 bits per heavy atom. The summed E-state index contributed by atoms with van der Waals surface area (Å²) < 4.78 is 10.6. The molecule has 5 rings (SSSR count). The Balaban J connectivity index is 0.00000141. The molecule has 0 saturated carbocycles. The predicted molar refractivity (Wildman–Crippen MR) is 127 cm³/mol. The van der Waals surface area contributed by atoms with E-state index in [1.807, 2.05) is 32.0 Å². The van der Waals surface area contributed by atoms with Crippen molar-refractivity contribution in [1.82, 2.24) is 20.6 Å². The van der Waals surface area contributed by atoms with Crippen molar-refractivity contribution in [3.63, 3.8) is 0 Å². The number of nitrogens with zero attached hydrogens (tertiary/aromatic N) is 3. The summed E-state index contributed by atoms with van der Waals surface area (Å²) >= 11 is 0. The van der Waals surface area contributed by atoms with E-state index in [-0.39, 0.29) is 36.7 Å². The number of nitrogens with one attached hydrogen (secondary N) is 2. The highest BCUT2D eigenvalue weighted by molar-refractivity contribution is 5.97. The molecule has 1 unspecified atom stereocenters. The molecule has 0 spiro atoms. The number of amides is 2. The first-order valence-corrected chi connectivity index (χ1v) is 11.4. The minimum Gasteiger partial charge on any atom is -0.454 e. The lowest BCUT2D eigenvalue weighted by atomic mass is 10.1. The van der Waals surface area contributed by atoms with Crippen molar-refractivity contribution in [2.75, 3.05) is 6.79 Å². The number of carbonyl (C=O) groups is 2. The van der Waals surface area contributed by atoms with Crippen molar-refractivity contribution in [2.45, 2.75) is 39.3 Å². The number of aromatic nitrogens is 2. The van der Waals surface area contributed by atoms with Crippen molar-refractivity contribution in [2.24, 2.45) is 0 Å². The summed E-state index contributed by atoms with van der Waals surface area (Å²) in [6, 6.07) is 14.3. The SMILES string of the molecule is CC.N#Cc1ccc2c(c1)CCC2NC(=O)c1cc(C(=O)NCc2ccc3c(c2)OCO3)ncn1. The van der Waals surface area contributed by atoms with E-state index in [0.29, 0.717) is 17.1 Å². The quantitative estimate of drug-likeness (QED) is 0.584. The Labute approximate surface area is 203 Å². The molecular weight excluding hydrogens is 446 g/mol. The van der Waals surface area contributed by atoms with E-state index in [9.17, 15) is 9.59 Å². The van der Waals surface area contributed by atoms with Crippen LogP contribution < -0.4 is 20.1 Å². The van der Waals surface area contributed by atoms with Gasteiger partial charge >= 0.3 is 0 Å². The average molecular weight is 472 g/mol. The maximum absolute atomic E-state index is 12.8. The van der Waals surface area contributed by atoms with E-state index in [1.165, 1.54) is 12.4 Å². The number of benzene rings is 2. The van der Waals surface area contributed by atoms with Gasteiger partial charge in [-0.25, -0.2) is 9.97 Å². The topological polar surface area (TPSA) is 126 Å². The van der Waals surface area contributed by atoms with Crippen LogP contribution in [0.15, 0.2) is 48.8 Å². The Hall–Kier alpha value is -4.45. The highest BCUT2D eigenvalue weighted by atomic mass is 16.7. The highest BCUT2D eigenvalue weighted by Gasteiger charge is 2.25. The lowest BCUT2D eigenvalue weighted by Crippen LogP contribution is -2.29. The second-order valence-electron chi connectivity index (χ2n) is 7.75. The van der Waals surface area contributed by atoms with Crippen LogP contribution in [0.1, 0.15) is 69.5 Å². The number of hydrogen-bond acceptors (Lipinski definition) is 7. The van der Waals surface area contributed by atoms with Crippen LogP contribution >= 0.6 is 0 Å². The summed E-state index contributed by atoms with van der Waals surface area (Å²) in [5.74, 6) is 0.510. The van der Waals surface area contributed by atoms with Crippen LogP contribution in [-0.4, -0.2) is 28.6 Å². The Bertz CT molecular complexity index is 1300. The second kappa shape index (κ2) is 10.7. The molecule has 2 heterocycles. The molecule has 178 valence electrons. The molecule has 35 heavy (non-hydrogen) atoms. The van der Waals surface area contributed by atoms with Gasteiger partial charge in [-0.3, -0.25) is 9.59 Å². The van der Waals surface area contributed by atoms with Gasteiger partial charge in [0.25, 0.3) is 11.8 Å². The van der Waals surface area contributed by atoms with Gasteiger partial charge in [-0.2, -0.15) is 5.26 Å². The predicted octanol–water partition coefficient (Wildman–Crippen LogP) is 3.45. The molecule has 0 saturated heterocycles. The molecule has 0 bridgehead atoms. The van der Waals surface area contributed by atoms with Gasteiger partial charge in [0.2, 0.25) is 6.79 Å². The van der Waals surface area contributed by atoms with Crippen molar-refractivity contribution in [3.8, 4) is 17.6 Å². The number of hydrogen-bond donors (Lipinski definition) is 2.